The molecule has 4 rings (SSSR count). The molecule has 1 amide bonds. The van der Waals surface area contributed by atoms with Crippen molar-refractivity contribution in [3.63, 3.8) is 0 Å². The molecule has 0 fully saturated rings. The van der Waals surface area contributed by atoms with Crippen molar-refractivity contribution >= 4 is 22.9 Å². The van der Waals surface area contributed by atoms with Gasteiger partial charge in [-0.1, -0.05) is 53.7 Å². The molecule has 128 valence electrons. The Morgan fingerprint density at radius 3 is 2.62 bits per heavy atom. The van der Waals surface area contributed by atoms with Crippen LogP contribution in [0.4, 0.5) is 5.69 Å². The van der Waals surface area contributed by atoms with Crippen LogP contribution in [0.1, 0.15) is 5.56 Å². The van der Waals surface area contributed by atoms with Crippen LogP contribution in [0.5, 0.6) is 0 Å². The van der Waals surface area contributed by atoms with Gasteiger partial charge in [-0.15, -0.1) is 11.3 Å². The predicted octanol–water partition coefficient (Wildman–Crippen LogP) is 4.65. The Bertz CT molecular complexity index is 1010. The molecule has 0 aliphatic carbocycles. The Balaban J connectivity index is 1.56. The first-order chi connectivity index (χ1) is 12.8. The highest BCUT2D eigenvalue weighted by molar-refractivity contribution is 7.13. The van der Waals surface area contributed by atoms with Crippen molar-refractivity contribution in [2.75, 3.05) is 5.32 Å². The van der Waals surface area contributed by atoms with E-state index < -0.39 is 0 Å². The van der Waals surface area contributed by atoms with Gasteiger partial charge in [0.2, 0.25) is 11.7 Å². The zero-order valence-corrected chi connectivity index (χ0v) is 14.6. The number of thiophene rings is 1. The van der Waals surface area contributed by atoms with Crippen LogP contribution < -0.4 is 5.32 Å². The Morgan fingerprint density at radius 1 is 1.00 bits per heavy atom. The van der Waals surface area contributed by atoms with Crippen LogP contribution in [-0.4, -0.2) is 16.0 Å². The summed E-state index contributed by atoms with van der Waals surface area (Å²) >= 11 is 1.55. The fraction of sp³-hybridized carbons (Fsp3) is 0.0500. The summed E-state index contributed by atoms with van der Waals surface area (Å²) in [5.74, 6) is 0.825. The molecule has 2 aromatic carbocycles. The molecule has 5 nitrogen and oxygen atoms in total. The summed E-state index contributed by atoms with van der Waals surface area (Å²) in [7, 11) is 0. The molecule has 0 aliphatic heterocycles. The second kappa shape index (κ2) is 7.33. The van der Waals surface area contributed by atoms with Gasteiger partial charge in [0.1, 0.15) is 0 Å². The fourth-order valence-corrected chi connectivity index (χ4v) is 3.24. The second-order valence-electron chi connectivity index (χ2n) is 5.66. The van der Waals surface area contributed by atoms with E-state index in [1.807, 2.05) is 72.1 Å². The number of hydrogen-bond donors (Lipinski definition) is 1. The average Bonchev–Trinajstić information content (AvgIpc) is 3.35. The SMILES string of the molecule is O=C(Cc1ccccc1)Nc1ccccc1-c1nc(-c2cccs2)no1. The van der Waals surface area contributed by atoms with Gasteiger partial charge in [-0.05, 0) is 29.1 Å². The lowest BCUT2D eigenvalue weighted by Gasteiger charge is -2.08. The molecule has 0 spiro atoms. The Kier molecular flexibility index (Phi) is 4.57. The molecule has 0 saturated carbocycles. The number of aromatic nitrogens is 2. The minimum atomic E-state index is -0.0957. The summed E-state index contributed by atoms with van der Waals surface area (Å²) < 4.78 is 5.41. The Labute approximate surface area is 154 Å². The molecule has 2 aromatic heterocycles. The number of carbonyl (C=O) groups is 1. The molecule has 6 heteroatoms. The van der Waals surface area contributed by atoms with Gasteiger partial charge in [0.05, 0.1) is 22.5 Å². The summed E-state index contributed by atoms with van der Waals surface area (Å²) in [5, 5.41) is 8.93. The van der Waals surface area contributed by atoms with E-state index in [9.17, 15) is 4.79 Å². The van der Waals surface area contributed by atoms with Crippen LogP contribution in [0.3, 0.4) is 0 Å². The van der Waals surface area contributed by atoms with E-state index in [1.54, 1.807) is 11.3 Å². The molecule has 1 N–H and O–H groups in total. The topological polar surface area (TPSA) is 68.0 Å². The van der Waals surface area contributed by atoms with Gasteiger partial charge in [0, 0.05) is 0 Å². The van der Waals surface area contributed by atoms with E-state index in [-0.39, 0.29) is 5.91 Å². The average molecular weight is 361 g/mol. The van der Waals surface area contributed by atoms with Crippen molar-refractivity contribution in [3.8, 4) is 22.2 Å². The summed E-state index contributed by atoms with van der Waals surface area (Å²) in [6.07, 6.45) is 0.305. The monoisotopic (exact) mass is 361 g/mol. The minimum Gasteiger partial charge on any atom is -0.334 e. The highest BCUT2D eigenvalue weighted by atomic mass is 32.1. The zero-order valence-electron chi connectivity index (χ0n) is 13.8. The summed E-state index contributed by atoms with van der Waals surface area (Å²) in [6, 6.07) is 20.9. The Hall–Kier alpha value is -3.25. The van der Waals surface area contributed by atoms with E-state index in [0.29, 0.717) is 29.4 Å². The standard InChI is InChI=1S/C20H15N3O2S/c24-18(13-14-7-2-1-3-8-14)21-16-10-5-4-9-15(16)20-22-19(23-25-20)17-11-6-12-26-17/h1-12H,13H2,(H,21,24). The van der Waals surface area contributed by atoms with Crippen LogP contribution in [0, 0.1) is 0 Å². The van der Waals surface area contributed by atoms with Gasteiger partial charge in [-0.25, -0.2) is 0 Å². The normalized spacial score (nSPS) is 10.6. The molecule has 0 aliphatic rings. The van der Waals surface area contributed by atoms with Gasteiger partial charge < -0.3 is 9.84 Å². The number of hydrogen-bond acceptors (Lipinski definition) is 5. The molecule has 2 heterocycles. The summed E-state index contributed by atoms with van der Waals surface area (Å²) in [5.41, 5.74) is 2.30. The number of nitrogens with one attached hydrogen (secondary N) is 1. The Morgan fingerprint density at radius 2 is 1.81 bits per heavy atom. The third-order valence-corrected chi connectivity index (χ3v) is 4.67. The lowest BCUT2D eigenvalue weighted by Crippen LogP contribution is -2.14. The molecular formula is C20H15N3O2S. The number of anilines is 1. The third-order valence-electron chi connectivity index (χ3n) is 3.81. The zero-order chi connectivity index (χ0) is 17.8. The van der Waals surface area contributed by atoms with Gasteiger partial charge in [-0.2, -0.15) is 4.98 Å². The van der Waals surface area contributed by atoms with E-state index in [0.717, 1.165) is 10.4 Å². The van der Waals surface area contributed by atoms with E-state index in [1.165, 1.54) is 0 Å². The molecule has 0 atom stereocenters. The van der Waals surface area contributed by atoms with Crippen molar-refractivity contribution < 1.29 is 9.32 Å². The number of benzene rings is 2. The van der Waals surface area contributed by atoms with Crippen molar-refractivity contribution in [1.29, 1.82) is 0 Å². The summed E-state index contributed by atoms with van der Waals surface area (Å²) in [6.45, 7) is 0. The van der Waals surface area contributed by atoms with Gasteiger partial charge in [0.25, 0.3) is 5.89 Å². The van der Waals surface area contributed by atoms with Gasteiger partial charge in [0.15, 0.2) is 0 Å². The van der Waals surface area contributed by atoms with Crippen LogP contribution in [-0.2, 0) is 11.2 Å². The quantitative estimate of drug-likeness (QED) is 0.562. The van der Waals surface area contributed by atoms with Crippen molar-refractivity contribution in [1.82, 2.24) is 10.1 Å². The maximum Gasteiger partial charge on any atom is 0.260 e. The molecular weight excluding hydrogens is 346 g/mol. The maximum atomic E-state index is 12.4. The molecule has 0 bridgehead atoms. The van der Waals surface area contributed by atoms with Crippen molar-refractivity contribution in [2.45, 2.75) is 6.42 Å². The van der Waals surface area contributed by atoms with Crippen LogP contribution in [0.15, 0.2) is 76.6 Å². The highest BCUT2D eigenvalue weighted by Gasteiger charge is 2.15. The lowest BCUT2D eigenvalue weighted by molar-refractivity contribution is -0.115. The number of rotatable bonds is 5. The lowest BCUT2D eigenvalue weighted by atomic mass is 10.1. The minimum absolute atomic E-state index is 0.0957. The molecule has 0 radical (unpaired) electrons. The van der Waals surface area contributed by atoms with E-state index in [4.69, 9.17) is 4.52 Å². The van der Waals surface area contributed by atoms with Crippen molar-refractivity contribution in [2.24, 2.45) is 0 Å². The molecule has 26 heavy (non-hydrogen) atoms. The van der Waals surface area contributed by atoms with Crippen LogP contribution in [0.25, 0.3) is 22.2 Å². The highest BCUT2D eigenvalue weighted by Crippen LogP contribution is 2.29. The second-order valence-corrected chi connectivity index (χ2v) is 6.60. The maximum absolute atomic E-state index is 12.4. The smallest absolute Gasteiger partial charge is 0.260 e. The number of nitrogens with zero attached hydrogens (tertiary/aromatic N) is 2. The van der Waals surface area contributed by atoms with Crippen LogP contribution in [0.2, 0.25) is 0 Å². The van der Waals surface area contributed by atoms with Crippen molar-refractivity contribution in [3.05, 3.63) is 77.7 Å². The first-order valence-electron chi connectivity index (χ1n) is 8.10. The predicted molar refractivity (Wildman–Crippen MR) is 102 cm³/mol. The third kappa shape index (κ3) is 3.55. The first kappa shape index (κ1) is 16.2. The van der Waals surface area contributed by atoms with Gasteiger partial charge >= 0.3 is 0 Å². The van der Waals surface area contributed by atoms with Gasteiger partial charge in [-0.3, -0.25) is 4.79 Å². The van der Waals surface area contributed by atoms with E-state index >= 15 is 0 Å². The molecule has 4 aromatic rings. The largest absolute Gasteiger partial charge is 0.334 e. The first-order valence-corrected chi connectivity index (χ1v) is 8.98. The summed E-state index contributed by atoms with van der Waals surface area (Å²) in [4.78, 5) is 17.8. The number of amides is 1. The van der Waals surface area contributed by atoms with E-state index in [2.05, 4.69) is 15.5 Å². The molecule has 0 unspecified atom stereocenters. The fourth-order valence-electron chi connectivity index (χ4n) is 2.59. The number of carbonyl (C=O) groups excluding carboxylic acids is 1. The number of para-hydroxylation sites is 1. The van der Waals surface area contributed by atoms with Crippen LogP contribution >= 0.6 is 11.3 Å². The molecule has 0 saturated heterocycles.